The van der Waals surface area contributed by atoms with Crippen LogP contribution >= 0.6 is 76.7 Å². The van der Waals surface area contributed by atoms with Crippen molar-refractivity contribution in [1.29, 1.82) is 0 Å². The minimum atomic E-state index is -4.41. The molecule has 2 saturated carbocycles. The van der Waals surface area contributed by atoms with Crippen molar-refractivity contribution >= 4 is 100 Å². The summed E-state index contributed by atoms with van der Waals surface area (Å²) >= 11 is 2.33. The lowest BCUT2D eigenvalue weighted by molar-refractivity contribution is -0.196. The summed E-state index contributed by atoms with van der Waals surface area (Å²) in [5.74, 6) is -6.72. The number of amides is 3. The average Bonchev–Trinajstić information content (AvgIpc) is 4.15. The van der Waals surface area contributed by atoms with Gasteiger partial charge in [0.2, 0.25) is 5.91 Å². The summed E-state index contributed by atoms with van der Waals surface area (Å²) < 4.78 is 108. The highest BCUT2D eigenvalue weighted by Gasteiger charge is 2.69. The van der Waals surface area contributed by atoms with Crippen LogP contribution in [0.3, 0.4) is 0 Å². The number of likely N-dealkylation sites (N-methyl/N-ethyl adjacent to an activating group) is 2. The highest BCUT2D eigenvalue weighted by Crippen LogP contribution is 2.67. The number of halogens is 8. The van der Waals surface area contributed by atoms with E-state index in [1.807, 2.05) is 23.9 Å². The van der Waals surface area contributed by atoms with E-state index in [0.717, 1.165) is 26.7 Å². The molecule has 0 radical (unpaired) electrons. The minimum Gasteiger partial charge on any atom is -0.481 e. The molecule has 2 fully saturated rings. The number of thiazole rings is 2. The van der Waals surface area contributed by atoms with Crippen LogP contribution in [0.25, 0.3) is 0 Å². The van der Waals surface area contributed by atoms with Crippen LogP contribution < -0.4 is 22.5 Å². The molecule has 2 aromatic carbocycles. The van der Waals surface area contributed by atoms with Gasteiger partial charge in [0.1, 0.15) is 11.6 Å². The summed E-state index contributed by atoms with van der Waals surface area (Å²) in [5.41, 5.74) is 13.1. The number of primary amides is 2. The van der Waals surface area contributed by atoms with Gasteiger partial charge < -0.3 is 37.4 Å². The van der Waals surface area contributed by atoms with Gasteiger partial charge in [0.15, 0.2) is 0 Å². The summed E-state index contributed by atoms with van der Waals surface area (Å²) in [4.78, 5) is 59.2. The lowest BCUT2D eigenvalue weighted by atomic mass is 9.85. The van der Waals surface area contributed by atoms with Gasteiger partial charge in [0, 0.05) is 65.6 Å². The summed E-state index contributed by atoms with van der Waals surface area (Å²) in [7, 11) is 7.42. The van der Waals surface area contributed by atoms with Crippen molar-refractivity contribution in [1.82, 2.24) is 25.1 Å². The zero-order valence-corrected chi connectivity index (χ0v) is 46.6. The molecule has 13 nitrogen and oxygen atoms in total. The molecule has 2 heterocycles. The summed E-state index contributed by atoms with van der Waals surface area (Å²) in [6.45, 7) is 4.16. The van der Waals surface area contributed by atoms with Crippen molar-refractivity contribution in [3.63, 3.8) is 0 Å². The Kier molecular flexibility index (Phi) is 27.5. The molecular weight excluding hydrogens is 1090 g/mol. The van der Waals surface area contributed by atoms with Crippen LogP contribution in [0.15, 0.2) is 48.8 Å². The third-order valence-electron chi connectivity index (χ3n) is 12.5. The third kappa shape index (κ3) is 18.5. The minimum absolute atomic E-state index is 0. The van der Waals surface area contributed by atoms with Crippen molar-refractivity contribution < 1.29 is 59.4 Å². The molecule has 2 aromatic heterocycles. The summed E-state index contributed by atoms with van der Waals surface area (Å²) in [6.07, 6.45) is -5.65. The molecule has 2 aliphatic rings. The first kappa shape index (κ1) is 69.3. The van der Waals surface area contributed by atoms with Crippen molar-refractivity contribution in [3.05, 3.63) is 102 Å². The standard InChI is InChI=1S/C23H28F4N4O2S.C12H18FN3O.C11H12F3NO2S.4H2S/c1-13-11-30-21(34-13)17(22(6-7-22)23(25,26)27)10-19(32)29-12-15(31(2)3)8-14-4-5-16(20(28)33)18(24)9-14;1-16(2)9(7-14)5-8-3-4-10(12(15)17)11(13)6-8;1-6-5-15-9(18-6)7(4-8(16)17)10(2-3-10)11(12,13)14;;;;/h4-5,9,11,15,17H,6-8,10,12H2,1-3H3,(H2,28,33)(H,29,32);3-4,6,9H,5,7,14H2,1-2H3,(H2,15,17);5,7H,2-4H2,1H3,(H,16,17);4*1H2/t15-,17+;9-;7-;;;;/m001..../s1. The zero-order chi connectivity index (χ0) is 51.8. The van der Waals surface area contributed by atoms with Crippen LogP contribution in [-0.4, -0.2) is 114 Å². The molecular formula is C46H66F8N8O5S6. The number of alkyl halides is 6. The van der Waals surface area contributed by atoms with E-state index in [0.29, 0.717) is 30.0 Å². The number of carboxylic acids is 1. The van der Waals surface area contributed by atoms with Gasteiger partial charge in [-0.25, -0.2) is 18.7 Å². The molecule has 6 rings (SSSR count). The molecule has 0 unspecified atom stereocenters. The molecule has 4 atom stereocenters. The van der Waals surface area contributed by atoms with E-state index in [1.165, 1.54) is 48.0 Å². The van der Waals surface area contributed by atoms with Crippen molar-refractivity contribution in [2.24, 2.45) is 28.0 Å². The maximum absolute atomic E-state index is 14.1. The highest BCUT2D eigenvalue weighted by molar-refractivity contribution is 7.59. The largest absolute Gasteiger partial charge is 0.481 e. The molecule has 4 aromatic rings. The molecule has 0 aliphatic heterocycles. The molecule has 0 spiro atoms. The molecule has 8 N–H and O–H groups in total. The summed E-state index contributed by atoms with van der Waals surface area (Å²) in [5, 5.41) is 12.2. The first-order chi connectivity index (χ1) is 32.0. The number of aryl methyl sites for hydroxylation is 2. The third-order valence-corrected chi connectivity index (χ3v) is 14.5. The predicted molar refractivity (Wildman–Crippen MR) is 287 cm³/mol. The number of carboxylic acid groups (broad SMARTS) is 1. The number of rotatable bonds is 19. The van der Waals surface area contributed by atoms with E-state index in [1.54, 1.807) is 40.1 Å². The smallest absolute Gasteiger partial charge is 0.395 e. The quantitative estimate of drug-likeness (QED) is 0.0572. The topological polar surface area (TPSA) is 211 Å². The second-order valence-electron chi connectivity index (χ2n) is 17.9. The Labute approximate surface area is 455 Å². The van der Waals surface area contributed by atoms with Gasteiger partial charge in [0.05, 0.1) is 38.4 Å². The van der Waals surface area contributed by atoms with E-state index in [9.17, 15) is 54.3 Å². The van der Waals surface area contributed by atoms with Gasteiger partial charge in [-0.1, -0.05) is 12.1 Å². The van der Waals surface area contributed by atoms with E-state index < -0.39 is 76.8 Å². The highest BCUT2D eigenvalue weighted by atomic mass is 32.1. The number of carbonyl (C=O) groups is 4. The fourth-order valence-corrected chi connectivity index (χ4v) is 9.91. The zero-order valence-electron chi connectivity index (χ0n) is 40.9. The lowest BCUT2D eigenvalue weighted by Crippen LogP contribution is -2.42. The molecule has 0 saturated heterocycles. The predicted octanol–water partition coefficient (Wildman–Crippen LogP) is 7.95. The first-order valence-corrected chi connectivity index (χ1v) is 23.3. The van der Waals surface area contributed by atoms with Gasteiger partial charge in [-0.05, 0) is 116 Å². The Hall–Kier alpha value is -3.70. The van der Waals surface area contributed by atoms with Gasteiger partial charge in [0.25, 0.3) is 11.8 Å². The van der Waals surface area contributed by atoms with Crippen molar-refractivity contribution in [2.75, 3.05) is 41.3 Å². The Bertz CT molecular complexity index is 2430. The van der Waals surface area contributed by atoms with Crippen LogP contribution in [0.1, 0.15) is 102 Å². The molecule has 3 amide bonds. The average molecular weight is 1160 g/mol. The monoisotopic (exact) mass is 1150 g/mol. The van der Waals surface area contributed by atoms with Gasteiger partial charge >= 0.3 is 18.3 Å². The number of carbonyl (C=O) groups excluding carboxylic acids is 3. The second-order valence-corrected chi connectivity index (χ2v) is 20.4. The van der Waals surface area contributed by atoms with Crippen molar-refractivity contribution in [2.45, 2.75) is 101 Å². The number of hydrogen-bond acceptors (Lipinski definition) is 11. The fraction of sp³-hybridized carbons (Fsp3) is 0.522. The first-order valence-electron chi connectivity index (χ1n) is 21.7. The molecule has 412 valence electrons. The van der Waals surface area contributed by atoms with Crippen LogP contribution in [-0.2, 0) is 22.4 Å². The summed E-state index contributed by atoms with van der Waals surface area (Å²) in [6, 6.07) is 8.47. The van der Waals surface area contributed by atoms with Crippen LogP contribution in [0.4, 0.5) is 35.1 Å². The number of benzene rings is 2. The number of hydrogen-bond donors (Lipinski definition) is 5. The molecule has 27 heteroatoms. The Morgan fingerprint density at radius 2 is 1.05 bits per heavy atom. The van der Waals surface area contributed by atoms with Crippen LogP contribution in [0, 0.1) is 36.3 Å². The molecule has 2 aliphatic carbocycles. The Balaban J connectivity index is 0.00000113. The molecule has 73 heavy (non-hydrogen) atoms. The van der Waals surface area contributed by atoms with E-state index in [-0.39, 0.29) is 121 Å². The Morgan fingerprint density at radius 1 is 0.685 bits per heavy atom. The Morgan fingerprint density at radius 3 is 1.33 bits per heavy atom. The van der Waals surface area contributed by atoms with Gasteiger partial charge in [-0.2, -0.15) is 80.3 Å². The van der Waals surface area contributed by atoms with Crippen LogP contribution in [0.5, 0.6) is 0 Å². The van der Waals surface area contributed by atoms with Crippen molar-refractivity contribution in [3.8, 4) is 0 Å². The van der Waals surface area contributed by atoms with Crippen LogP contribution in [0.2, 0.25) is 0 Å². The van der Waals surface area contributed by atoms with E-state index in [4.69, 9.17) is 22.3 Å². The number of aliphatic carboxylic acids is 1. The molecule has 0 bridgehead atoms. The maximum atomic E-state index is 14.1. The maximum Gasteiger partial charge on any atom is 0.395 e. The lowest BCUT2D eigenvalue weighted by Gasteiger charge is -2.28. The number of nitrogens with one attached hydrogen (secondary N) is 1. The number of nitrogens with two attached hydrogens (primary N) is 3. The van der Waals surface area contributed by atoms with E-state index >= 15 is 0 Å². The number of aromatic nitrogens is 2. The van der Waals surface area contributed by atoms with Gasteiger partial charge in [-0.3, -0.25) is 19.2 Å². The second kappa shape index (κ2) is 29.0. The number of nitrogens with zero attached hydrogens (tertiary/aromatic N) is 4. The fourth-order valence-electron chi connectivity index (χ4n) is 7.93. The normalized spacial score (nSPS) is 15.6. The SMILES string of the molecule is CN(C)[C@H](CN)Cc1ccc(C(N)=O)c(F)c1.Cc1cnc([C@@H](CC(=O)NC[C@H](Cc2ccc(C(N)=O)c(F)c2)N(C)C)C2(C(F)(F)F)CC2)s1.Cc1cnc([C@@H](CC(=O)O)C2(C(F)(F)F)CC2)s1.S.S.S.S. The van der Waals surface area contributed by atoms with Gasteiger partial charge in [-0.15, -0.1) is 22.7 Å². The van der Waals surface area contributed by atoms with E-state index in [2.05, 4.69) is 15.3 Å².